The Morgan fingerprint density at radius 1 is 1.29 bits per heavy atom. The van der Waals surface area contributed by atoms with Gasteiger partial charge in [0, 0.05) is 19.1 Å². The van der Waals surface area contributed by atoms with Crippen LogP contribution in [0.3, 0.4) is 0 Å². The normalized spacial score (nSPS) is 23.8. The molecule has 0 atom stereocenters. The quantitative estimate of drug-likeness (QED) is 0.767. The van der Waals surface area contributed by atoms with Gasteiger partial charge in [-0.3, -0.25) is 9.59 Å². The summed E-state index contributed by atoms with van der Waals surface area (Å²) in [5, 5.41) is 11.8. The van der Waals surface area contributed by atoms with Crippen molar-refractivity contribution in [2.45, 2.75) is 44.1 Å². The molecule has 0 spiro atoms. The monoisotopic (exact) mass is 241 g/mol. The number of hydrogen-bond acceptors (Lipinski definition) is 3. The third kappa shape index (κ3) is 2.97. The summed E-state index contributed by atoms with van der Waals surface area (Å²) in [7, 11) is 0. The van der Waals surface area contributed by atoms with Crippen LogP contribution in [0, 0.1) is 5.92 Å². The third-order valence-electron chi connectivity index (χ3n) is 3.78. The first-order chi connectivity index (χ1) is 8.11. The average Bonchev–Trinajstić information content (AvgIpc) is 2.26. The second kappa shape index (κ2) is 5.04. The van der Waals surface area contributed by atoms with Crippen molar-refractivity contribution in [3.05, 3.63) is 0 Å². The van der Waals surface area contributed by atoms with Gasteiger partial charge in [0.15, 0.2) is 0 Å². The number of aliphatic carboxylic acids is 1. The van der Waals surface area contributed by atoms with Gasteiger partial charge in [0.1, 0.15) is 0 Å². The van der Waals surface area contributed by atoms with Crippen LogP contribution in [0.2, 0.25) is 0 Å². The zero-order valence-electron chi connectivity index (χ0n) is 9.91. The molecule has 0 radical (unpaired) electrons. The highest BCUT2D eigenvalue weighted by atomic mass is 16.5. The highest BCUT2D eigenvalue weighted by Gasteiger charge is 2.41. The fourth-order valence-corrected chi connectivity index (χ4v) is 2.56. The van der Waals surface area contributed by atoms with Crippen molar-refractivity contribution in [1.29, 1.82) is 0 Å². The molecule has 0 aromatic heterocycles. The Morgan fingerprint density at radius 2 is 1.94 bits per heavy atom. The summed E-state index contributed by atoms with van der Waals surface area (Å²) in [6.45, 7) is 1.26. The smallest absolute Gasteiger partial charge is 0.305 e. The van der Waals surface area contributed by atoms with Crippen LogP contribution in [0.4, 0.5) is 0 Å². The predicted molar refractivity (Wildman–Crippen MR) is 60.5 cm³/mol. The molecule has 0 aromatic carbocycles. The van der Waals surface area contributed by atoms with E-state index in [0.717, 1.165) is 32.1 Å². The van der Waals surface area contributed by atoms with Crippen molar-refractivity contribution in [2.75, 3.05) is 13.2 Å². The van der Waals surface area contributed by atoms with Crippen molar-refractivity contribution in [2.24, 2.45) is 5.92 Å². The predicted octanol–water partition coefficient (Wildman–Crippen LogP) is 0.927. The lowest BCUT2D eigenvalue weighted by Crippen LogP contribution is -2.56. The topological polar surface area (TPSA) is 75.6 Å². The molecular weight excluding hydrogens is 222 g/mol. The van der Waals surface area contributed by atoms with Crippen molar-refractivity contribution in [3.8, 4) is 0 Å². The molecule has 0 bridgehead atoms. The Kier molecular flexibility index (Phi) is 3.66. The zero-order chi connectivity index (χ0) is 12.3. The van der Waals surface area contributed by atoms with Crippen LogP contribution in [0.15, 0.2) is 0 Å². The van der Waals surface area contributed by atoms with Gasteiger partial charge in [0.2, 0.25) is 5.91 Å². The fraction of sp³-hybridized carbons (Fsp3) is 0.833. The van der Waals surface area contributed by atoms with Crippen molar-refractivity contribution in [1.82, 2.24) is 5.32 Å². The summed E-state index contributed by atoms with van der Waals surface area (Å²) in [6.07, 6.45) is 4.11. The van der Waals surface area contributed by atoms with E-state index in [-0.39, 0.29) is 18.2 Å². The van der Waals surface area contributed by atoms with Crippen LogP contribution < -0.4 is 5.32 Å². The molecule has 0 unspecified atom stereocenters. The van der Waals surface area contributed by atoms with Gasteiger partial charge in [-0.15, -0.1) is 0 Å². The van der Waals surface area contributed by atoms with Gasteiger partial charge in [-0.2, -0.15) is 0 Å². The average molecular weight is 241 g/mol. The summed E-state index contributed by atoms with van der Waals surface area (Å²) < 4.78 is 5.21. The standard InChI is InChI=1S/C12H19NO4/c14-10(15)8-12(4-1-5-12)13-11(16)9-2-6-17-7-3-9/h9H,1-8H2,(H,13,16)(H,14,15). The van der Waals surface area contributed by atoms with Crippen molar-refractivity contribution < 1.29 is 19.4 Å². The molecule has 2 N–H and O–H groups in total. The fourth-order valence-electron chi connectivity index (χ4n) is 2.56. The van der Waals surface area contributed by atoms with E-state index in [1.54, 1.807) is 0 Å². The first-order valence-electron chi connectivity index (χ1n) is 6.23. The van der Waals surface area contributed by atoms with Crippen molar-refractivity contribution >= 4 is 11.9 Å². The number of nitrogens with one attached hydrogen (secondary N) is 1. The lowest BCUT2D eigenvalue weighted by molar-refractivity contribution is -0.141. The van der Waals surface area contributed by atoms with Crippen LogP contribution >= 0.6 is 0 Å². The molecule has 0 aromatic rings. The van der Waals surface area contributed by atoms with E-state index < -0.39 is 11.5 Å². The Balaban J connectivity index is 1.89. The number of hydrogen-bond donors (Lipinski definition) is 2. The molecule has 2 rings (SSSR count). The molecule has 5 nitrogen and oxygen atoms in total. The van der Waals surface area contributed by atoms with Crippen LogP contribution in [0.25, 0.3) is 0 Å². The minimum absolute atomic E-state index is 0.00461. The van der Waals surface area contributed by atoms with Gasteiger partial charge < -0.3 is 15.2 Å². The van der Waals surface area contributed by atoms with Gasteiger partial charge in [-0.25, -0.2) is 0 Å². The molecule has 1 aliphatic heterocycles. The lowest BCUT2D eigenvalue weighted by Gasteiger charge is -2.42. The molecule has 17 heavy (non-hydrogen) atoms. The zero-order valence-corrected chi connectivity index (χ0v) is 9.91. The Hall–Kier alpha value is -1.10. The number of carboxylic acid groups (broad SMARTS) is 1. The van der Waals surface area contributed by atoms with Crippen LogP contribution in [0.5, 0.6) is 0 Å². The second-order valence-electron chi connectivity index (χ2n) is 5.08. The molecular formula is C12H19NO4. The van der Waals surface area contributed by atoms with Crippen LogP contribution in [-0.2, 0) is 14.3 Å². The van der Waals surface area contributed by atoms with E-state index in [1.807, 2.05) is 0 Å². The molecule has 1 saturated heterocycles. The Bertz CT molecular complexity index is 306. The Morgan fingerprint density at radius 3 is 2.41 bits per heavy atom. The van der Waals surface area contributed by atoms with Gasteiger partial charge in [0.05, 0.1) is 12.0 Å². The SMILES string of the molecule is O=C(O)CC1(NC(=O)C2CCOCC2)CCC1. The summed E-state index contributed by atoms with van der Waals surface area (Å²) in [6, 6.07) is 0. The number of carboxylic acids is 1. The van der Waals surface area contributed by atoms with Gasteiger partial charge >= 0.3 is 5.97 Å². The van der Waals surface area contributed by atoms with E-state index in [1.165, 1.54) is 0 Å². The molecule has 1 amide bonds. The number of carbonyl (C=O) groups is 2. The largest absolute Gasteiger partial charge is 0.481 e. The number of carbonyl (C=O) groups excluding carboxylic acids is 1. The molecule has 2 fully saturated rings. The first kappa shape index (κ1) is 12.4. The van der Waals surface area contributed by atoms with E-state index in [9.17, 15) is 9.59 Å². The molecule has 1 saturated carbocycles. The molecule has 1 aliphatic carbocycles. The van der Waals surface area contributed by atoms with Gasteiger partial charge in [-0.05, 0) is 32.1 Å². The van der Waals surface area contributed by atoms with E-state index >= 15 is 0 Å². The molecule has 1 heterocycles. The van der Waals surface area contributed by atoms with Gasteiger partial charge in [0.25, 0.3) is 0 Å². The number of amides is 1. The minimum atomic E-state index is -0.836. The van der Waals surface area contributed by atoms with E-state index in [2.05, 4.69) is 5.32 Å². The molecule has 96 valence electrons. The van der Waals surface area contributed by atoms with E-state index in [0.29, 0.717) is 13.2 Å². The first-order valence-corrected chi connectivity index (χ1v) is 6.23. The summed E-state index contributed by atoms with van der Waals surface area (Å²) in [5.74, 6) is -0.832. The number of rotatable bonds is 4. The lowest BCUT2D eigenvalue weighted by atomic mass is 9.74. The maximum atomic E-state index is 12.0. The maximum Gasteiger partial charge on any atom is 0.305 e. The highest BCUT2D eigenvalue weighted by Crippen LogP contribution is 2.35. The summed E-state index contributed by atoms with van der Waals surface area (Å²) in [5.41, 5.74) is -0.471. The molecule has 5 heteroatoms. The maximum absolute atomic E-state index is 12.0. The van der Waals surface area contributed by atoms with Crippen LogP contribution in [-0.4, -0.2) is 35.7 Å². The summed E-state index contributed by atoms with van der Waals surface area (Å²) in [4.78, 5) is 22.8. The van der Waals surface area contributed by atoms with Crippen molar-refractivity contribution in [3.63, 3.8) is 0 Å². The molecule has 2 aliphatic rings. The highest BCUT2D eigenvalue weighted by molar-refractivity contribution is 5.80. The van der Waals surface area contributed by atoms with E-state index in [4.69, 9.17) is 9.84 Å². The second-order valence-corrected chi connectivity index (χ2v) is 5.08. The Labute approximate surface area is 101 Å². The third-order valence-corrected chi connectivity index (χ3v) is 3.78. The van der Waals surface area contributed by atoms with Gasteiger partial charge in [-0.1, -0.05) is 0 Å². The summed E-state index contributed by atoms with van der Waals surface area (Å²) >= 11 is 0. The van der Waals surface area contributed by atoms with Crippen LogP contribution in [0.1, 0.15) is 38.5 Å². The minimum Gasteiger partial charge on any atom is -0.481 e. The number of ether oxygens (including phenoxy) is 1.